The highest BCUT2D eigenvalue weighted by Crippen LogP contribution is 2.30. The second kappa shape index (κ2) is 5.89. The molecule has 0 aliphatic heterocycles. The zero-order chi connectivity index (χ0) is 15.7. The molecule has 0 unspecified atom stereocenters. The van der Waals surface area contributed by atoms with Gasteiger partial charge in [-0.2, -0.15) is 0 Å². The Morgan fingerprint density at radius 1 is 1.14 bits per heavy atom. The van der Waals surface area contributed by atoms with Crippen LogP contribution in [0.25, 0.3) is 21.5 Å². The third-order valence-corrected chi connectivity index (χ3v) is 5.03. The van der Waals surface area contributed by atoms with Crippen molar-refractivity contribution in [2.24, 2.45) is 0 Å². The Hall–Kier alpha value is -2.20. The fourth-order valence-corrected chi connectivity index (χ4v) is 3.41. The first kappa shape index (κ1) is 14.7. The number of aromatic carboxylic acids is 1. The Balaban J connectivity index is 2.23. The van der Waals surface area contributed by atoms with E-state index >= 15 is 0 Å². The number of carboxylic acids is 1. The zero-order valence-electron chi connectivity index (χ0n) is 12.6. The van der Waals surface area contributed by atoms with E-state index in [1.807, 2.05) is 24.3 Å². The molecule has 0 aliphatic carbocycles. The molecule has 0 radical (unpaired) electrons. The number of nitrogens with zero attached hydrogens (tertiary/aromatic N) is 1. The van der Waals surface area contributed by atoms with E-state index in [0.29, 0.717) is 10.9 Å². The number of hydrogen-bond donors (Lipinski definition) is 1. The molecule has 0 saturated carbocycles. The molecule has 22 heavy (non-hydrogen) atoms. The molecule has 3 aromatic rings. The summed E-state index contributed by atoms with van der Waals surface area (Å²) < 4.78 is 0. The van der Waals surface area contributed by atoms with Crippen molar-refractivity contribution in [2.45, 2.75) is 26.7 Å². The van der Waals surface area contributed by atoms with Crippen molar-refractivity contribution in [1.82, 2.24) is 4.98 Å². The minimum Gasteiger partial charge on any atom is -0.478 e. The second-order valence-corrected chi connectivity index (χ2v) is 6.35. The molecule has 1 aromatic carbocycles. The summed E-state index contributed by atoms with van der Waals surface area (Å²) in [6.07, 6.45) is 1.85. The fraction of sp³-hybridized carbons (Fsp3) is 0.222. The topological polar surface area (TPSA) is 50.2 Å². The monoisotopic (exact) mass is 311 g/mol. The van der Waals surface area contributed by atoms with E-state index in [-0.39, 0.29) is 0 Å². The van der Waals surface area contributed by atoms with Crippen LogP contribution in [-0.2, 0) is 12.8 Å². The number of fused-ring (bicyclic) bond motifs is 1. The number of hydrogen-bond acceptors (Lipinski definition) is 3. The van der Waals surface area contributed by atoms with Gasteiger partial charge in [-0.15, -0.1) is 11.3 Å². The summed E-state index contributed by atoms with van der Waals surface area (Å²) in [6, 6.07) is 11.6. The number of carbonyl (C=O) groups is 1. The van der Waals surface area contributed by atoms with E-state index in [2.05, 4.69) is 24.9 Å². The average molecular weight is 311 g/mol. The predicted octanol–water partition coefficient (Wildman–Crippen LogP) is 4.79. The molecule has 2 heterocycles. The fourth-order valence-electron chi connectivity index (χ4n) is 2.50. The van der Waals surface area contributed by atoms with Crippen LogP contribution >= 0.6 is 11.3 Å². The lowest BCUT2D eigenvalue weighted by molar-refractivity contribution is 0.0699. The molecule has 1 N–H and O–H groups in total. The summed E-state index contributed by atoms with van der Waals surface area (Å²) in [5.74, 6) is -0.908. The molecule has 0 bridgehead atoms. The van der Waals surface area contributed by atoms with Crippen LogP contribution in [0.1, 0.15) is 34.6 Å². The molecular weight excluding hydrogens is 294 g/mol. The maximum Gasteiger partial charge on any atom is 0.336 e. The van der Waals surface area contributed by atoms with Gasteiger partial charge in [-0.25, -0.2) is 9.78 Å². The van der Waals surface area contributed by atoms with Gasteiger partial charge >= 0.3 is 5.97 Å². The SMILES string of the molecule is CCc1ccc2nc(-c3ccc(CC)s3)cc(C(=O)O)c2c1. The average Bonchev–Trinajstić information content (AvgIpc) is 3.02. The van der Waals surface area contributed by atoms with E-state index in [0.717, 1.165) is 34.5 Å². The maximum atomic E-state index is 11.6. The third kappa shape index (κ3) is 2.62. The van der Waals surface area contributed by atoms with E-state index < -0.39 is 5.97 Å². The Labute approximate surface area is 133 Å². The zero-order valence-corrected chi connectivity index (χ0v) is 13.4. The second-order valence-electron chi connectivity index (χ2n) is 5.18. The van der Waals surface area contributed by atoms with Gasteiger partial charge in [0.15, 0.2) is 0 Å². The van der Waals surface area contributed by atoms with Gasteiger partial charge in [-0.05, 0) is 48.7 Å². The molecule has 4 heteroatoms. The van der Waals surface area contributed by atoms with Gasteiger partial charge in [0.2, 0.25) is 0 Å². The first-order valence-electron chi connectivity index (χ1n) is 7.38. The summed E-state index contributed by atoms with van der Waals surface area (Å²) in [7, 11) is 0. The summed E-state index contributed by atoms with van der Waals surface area (Å²) >= 11 is 1.67. The maximum absolute atomic E-state index is 11.6. The van der Waals surface area contributed by atoms with Gasteiger partial charge in [0.1, 0.15) is 0 Å². The van der Waals surface area contributed by atoms with Crippen LogP contribution in [0.15, 0.2) is 36.4 Å². The number of pyridine rings is 1. The molecule has 112 valence electrons. The molecule has 2 aromatic heterocycles. The number of rotatable bonds is 4. The third-order valence-electron chi connectivity index (χ3n) is 3.77. The number of aromatic nitrogens is 1. The van der Waals surface area contributed by atoms with E-state index in [9.17, 15) is 9.90 Å². The van der Waals surface area contributed by atoms with Crippen molar-refractivity contribution in [3.8, 4) is 10.6 Å². The van der Waals surface area contributed by atoms with Gasteiger partial charge in [0, 0.05) is 10.3 Å². The smallest absolute Gasteiger partial charge is 0.336 e. The number of aryl methyl sites for hydroxylation is 2. The lowest BCUT2D eigenvalue weighted by Gasteiger charge is -2.07. The van der Waals surface area contributed by atoms with Gasteiger partial charge < -0.3 is 5.11 Å². The van der Waals surface area contributed by atoms with E-state index in [1.54, 1.807) is 17.4 Å². The Kier molecular flexibility index (Phi) is 3.94. The molecule has 3 nitrogen and oxygen atoms in total. The Morgan fingerprint density at radius 2 is 1.95 bits per heavy atom. The number of benzene rings is 1. The molecular formula is C18H17NO2S. The van der Waals surface area contributed by atoms with Crippen LogP contribution in [-0.4, -0.2) is 16.1 Å². The number of carboxylic acid groups (broad SMARTS) is 1. The highest BCUT2D eigenvalue weighted by molar-refractivity contribution is 7.15. The van der Waals surface area contributed by atoms with Crippen LogP contribution in [0, 0.1) is 0 Å². The van der Waals surface area contributed by atoms with Crippen LogP contribution in [0.3, 0.4) is 0 Å². The summed E-state index contributed by atoms with van der Waals surface area (Å²) in [4.78, 5) is 18.6. The summed E-state index contributed by atoms with van der Waals surface area (Å²) in [6.45, 7) is 4.17. The van der Waals surface area contributed by atoms with Crippen molar-refractivity contribution < 1.29 is 9.90 Å². The molecule has 0 saturated heterocycles. The lowest BCUT2D eigenvalue weighted by atomic mass is 10.0. The molecule has 0 atom stereocenters. The van der Waals surface area contributed by atoms with Crippen LogP contribution < -0.4 is 0 Å². The quantitative estimate of drug-likeness (QED) is 0.754. The van der Waals surface area contributed by atoms with Crippen LogP contribution in [0.4, 0.5) is 0 Å². The summed E-state index contributed by atoms with van der Waals surface area (Å²) in [5.41, 5.74) is 2.91. The Bertz CT molecular complexity index is 851. The Morgan fingerprint density at radius 3 is 2.59 bits per heavy atom. The van der Waals surface area contributed by atoms with Crippen molar-refractivity contribution in [1.29, 1.82) is 0 Å². The summed E-state index contributed by atoms with van der Waals surface area (Å²) in [5, 5.41) is 10.3. The largest absolute Gasteiger partial charge is 0.478 e. The standard InChI is InChI=1S/C18H17NO2S/c1-3-11-5-7-15-13(9-11)14(18(20)21)10-16(19-15)17-8-6-12(4-2)22-17/h5-10H,3-4H2,1-2H3,(H,20,21). The van der Waals surface area contributed by atoms with E-state index in [1.165, 1.54) is 4.88 Å². The van der Waals surface area contributed by atoms with Crippen molar-refractivity contribution in [2.75, 3.05) is 0 Å². The van der Waals surface area contributed by atoms with Crippen molar-refractivity contribution in [3.05, 3.63) is 52.4 Å². The number of thiophene rings is 1. The highest BCUT2D eigenvalue weighted by atomic mass is 32.1. The predicted molar refractivity (Wildman–Crippen MR) is 90.8 cm³/mol. The molecule has 0 fully saturated rings. The first-order valence-corrected chi connectivity index (χ1v) is 8.20. The van der Waals surface area contributed by atoms with Crippen molar-refractivity contribution >= 4 is 28.2 Å². The van der Waals surface area contributed by atoms with Gasteiger partial charge in [0.05, 0.1) is 21.7 Å². The first-order chi connectivity index (χ1) is 10.6. The van der Waals surface area contributed by atoms with Crippen LogP contribution in [0.5, 0.6) is 0 Å². The van der Waals surface area contributed by atoms with Crippen molar-refractivity contribution in [3.63, 3.8) is 0 Å². The van der Waals surface area contributed by atoms with E-state index in [4.69, 9.17) is 0 Å². The minimum absolute atomic E-state index is 0.321. The molecule has 3 rings (SSSR count). The van der Waals surface area contributed by atoms with Gasteiger partial charge in [-0.3, -0.25) is 0 Å². The molecule has 0 amide bonds. The molecule has 0 spiro atoms. The van der Waals surface area contributed by atoms with Gasteiger partial charge in [0.25, 0.3) is 0 Å². The normalized spacial score (nSPS) is 11.0. The minimum atomic E-state index is -0.908. The molecule has 0 aliphatic rings. The lowest BCUT2D eigenvalue weighted by Crippen LogP contribution is -2.00. The van der Waals surface area contributed by atoms with Crippen LogP contribution in [0.2, 0.25) is 0 Å². The van der Waals surface area contributed by atoms with Gasteiger partial charge in [-0.1, -0.05) is 19.9 Å². The highest BCUT2D eigenvalue weighted by Gasteiger charge is 2.14.